The number of hydrogen-bond acceptors (Lipinski definition) is 9. The Labute approximate surface area is 280 Å². The number of carbonyl (C=O) groups is 3. The zero-order valence-corrected chi connectivity index (χ0v) is 27.5. The molecule has 2 aliphatic rings. The molecule has 48 heavy (non-hydrogen) atoms. The molecule has 1 saturated heterocycles. The number of thiazole rings is 1. The summed E-state index contributed by atoms with van der Waals surface area (Å²) in [6, 6.07) is 16.3. The van der Waals surface area contributed by atoms with Gasteiger partial charge in [-0.25, -0.2) is 18.5 Å². The SMILES string of the molecule is CN(C)c1ccc([C@H]2c3sc(=O)n(CC(=O)Nc4ccc(S(N)(=O)=O)cc4)c3SC3C(=O)N(c4cccc(C(F)(F)F)c4)C(=O)C32)cc1. The van der Waals surface area contributed by atoms with Crippen molar-refractivity contribution < 1.29 is 36.0 Å². The summed E-state index contributed by atoms with van der Waals surface area (Å²) in [6.07, 6.45) is -4.70. The molecule has 1 aromatic heterocycles. The maximum absolute atomic E-state index is 14.1. The van der Waals surface area contributed by atoms with Crippen LogP contribution in [0.1, 0.15) is 21.9 Å². The molecule has 0 aliphatic carbocycles. The second kappa shape index (κ2) is 12.2. The highest BCUT2D eigenvalue weighted by Crippen LogP contribution is 2.54. The van der Waals surface area contributed by atoms with Crippen LogP contribution in [-0.4, -0.2) is 50.1 Å². The Bertz CT molecular complexity index is 2110. The van der Waals surface area contributed by atoms with E-state index in [1.807, 2.05) is 31.1 Å². The third-order valence-electron chi connectivity index (χ3n) is 8.02. The topological polar surface area (TPSA) is 152 Å². The van der Waals surface area contributed by atoms with Gasteiger partial charge in [0.05, 0.1) is 27.1 Å². The van der Waals surface area contributed by atoms with E-state index in [-0.39, 0.29) is 16.3 Å². The number of primary sulfonamides is 1. The van der Waals surface area contributed by atoms with Gasteiger partial charge in [0.1, 0.15) is 11.8 Å². The number of aromatic nitrogens is 1. The first-order valence-corrected chi connectivity index (χ1v) is 17.4. The molecule has 1 fully saturated rings. The molecule has 3 amide bonds. The fourth-order valence-electron chi connectivity index (χ4n) is 5.74. The smallest absolute Gasteiger partial charge is 0.378 e. The van der Waals surface area contributed by atoms with Gasteiger partial charge in [-0.2, -0.15) is 13.2 Å². The summed E-state index contributed by atoms with van der Waals surface area (Å²) in [5.41, 5.74) is 0.461. The average Bonchev–Trinajstić information content (AvgIpc) is 3.46. The van der Waals surface area contributed by atoms with E-state index in [2.05, 4.69) is 5.32 Å². The molecule has 0 spiro atoms. The summed E-state index contributed by atoms with van der Waals surface area (Å²) >= 11 is 1.75. The predicted molar refractivity (Wildman–Crippen MR) is 175 cm³/mol. The summed E-state index contributed by atoms with van der Waals surface area (Å²) in [6.45, 7) is -0.474. The van der Waals surface area contributed by atoms with Crippen LogP contribution < -0.4 is 25.1 Å². The van der Waals surface area contributed by atoms with Crippen molar-refractivity contribution in [2.24, 2.45) is 11.1 Å². The van der Waals surface area contributed by atoms with Crippen LogP contribution in [0.4, 0.5) is 30.2 Å². The first kappa shape index (κ1) is 33.5. The zero-order valence-electron chi connectivity index (χ0n) is 25.1. The Kier molecular flexibility index (Phi) is 8.51. The van der Waals surface area contributed by atoms with Gasteiger partial charge < -0.3 is 10.2 Å². The molecule has 3 aromatic carbocycles. The van der Waals surface area contributed by atoms with E-state index in [0.717, 1.165) is 51.9 Å². The molecule has 3 heterocycles. The number of imide groups is 1. The number of rotatable bonds is 7. The molecule has 11 nitrogen and oxygen atoms in total. The standard InChI is InChI=1S/C31H26F3N5O6S3/c1-37(2)19-10-6-16(7-11-19)23-24-25(28(42)39(27(24)41)20-5-3-4-17(14-20)31(32,33)34)46-29-26(23)47-30(43)38(29)15-22(40)36-18-8-12-21(13-9-18)48(35,44)45/h3-14,23-25H,15H2,1-2H3,(H,36,40)(H2,35,44,45)/t23-,24?,25?/m1/s1. The molecule has 0 radical (unpaired) electrons. The number of alkyl halides is 3. The molecule has 2 aliphatic heterocycles. The lowest BCUT2D eigenvalue weighted by Gasteiger charge is -2.31. The molecule has 2 unspecified atom stereocenters. The average molecular weight is 718 g/mol. The van der Waals surface area contributed by atoms with Crippen LogP contribution in [0, 0.1) is 5.92 Å². The van der Waals surface area contributed by atoms with Crippen LogP contribution in [0.25, 0.3) is 0 Å². The molecule has 4 aromatic rings. The third kappa shape index (κ3) is 6.13. The molecule has 6 rings (SSSR count). The number of benzene rings is 3. The minimum absolute atomic E-state index is 0.158. The Hall–Kier alpha value is -4.45. The van der Waals surface area contributed by atoms with Crippen LogP contribution in [0.2, 0.25) is 0 Å². The number of thioether (sulfide) groups is 1. The number of amides is 3. The summed E-state index contributed by atoms with van der Waals surface area (Å²) < 4.78 is 65.0. The van der Waals surface area contributed by atoms with Crippen molar-refractivity contribution in [2.45, 2.75) is 33.8 Å². The first-order chi connectivity index (χ1) is 22.5. The molecule has 0 bridgehead atoms. The number of halogens is 3. The van der Waals surface area contributed by atoms with Gasteiger partial charge in [0.15, 0.2) is 0 Å². The quantitative estimate of drug-likeness (QED) is 0.272. The van der Waals surface area contributed by atoms with E-state index in [0.29, 0.717) is 15.5 Å². The number of sulfonamides is 1. The van der Waals surface area contributed by atoms with Crippen molar-refractivity contribution in [2.75, 3.05) is 29.2 Å². The van der Waals surface area contributed by atoms with Gasteiger partial charge in [0.25, 0.3) is 0 Å². The Balaban J connectivity index is 1.38. The van der Waals surface area contributed by atoms with Gasteiger partial charge in [0, 0.05) is 36.3 Å². The largest absolute Gasteiger partial charge is 0.416 e. The number of nitrogens with one attached hydrogen (secondary N) is 1. The van der Waals surface area contributed by atoms with Crippen molar-refractivity contribution in [3.05, 3.63) is 98.5 Å². The normalized spacial score (nSPS) is 19.2. The van der Waals surface area contributed by atoms with Crippen molar-refractivity contribution in [1.29, 1.82) is 0 Å². The fraction of sp³-hybridized carbons (Fsp3) is 0.226. The minimum atomic E-state index is -4.70. The van der Waals surface area contributed by atoms with Crippen LogP contribution in [-0.2, 0) is 37.1 Å². The minimum Gasteiger partial charge on any atom is -0.378 e. The number of nitrogens with two attached hydrogens (primary N) is 1. The second-order valence-corrected chi connectivity index (χ2v) is 15.0. The molecular weight excluding hydrogens is 692 g/mol. The van der Waals surface area contributed by atoms with Crippen LogP contribution in [0.5, 0.6) is 0 Å². The first-order valence-electron chi connectivity index (χ1n) is 14.2. The monoisotopic (exact) mass is 717 g/mol. The molecular formula is C31H26F3N5O6S3. The predicted octanol–water partition coefficient (Wildman–Crippen LogP) is 4.08. The van der Waals surface area contributed by atoms with Gasteiger partial charge >= 0.3 is 11.0 Å². The summed E-state index contributed by atoms with van der Waals surface area (Å²) in [7, 11) is -0.263. The maximum Gasteiger partial charge on any atom is 0.416 e. The van der Waals surface area contributed by atoms with Crippen molar-refractivity contribution >= 4 is 67.9 Å². The summed E-state index contributed by atoms with van der Waals surface area (Å²) in [5.74, 6) is -3.93. The second-order valence-electron chi connectivity index (χ2n) is 11.3. The number of anilines is 3. The van der Waals surface area contributed by atoms with Crippen LogP contribution >= 0.6 is 23.1 Å². The summed E-state index contributed by atoms with van der Waals surface area (Å²) in [4.78, 5) is 56.8. The highest BCUT2D eigenvalue weighted by Gasteiger charge is 2.57. The van der Waals surface area contributed by atoms with Gasteiger partial charge in [-0.15, -0.1) is 0 Å². The number of fused-ring (bicyclic) bond motifs is 2. The van der Waals surface area contributed by atoms with E-state index in [4.69, 9.17) is 5.14 Å². The Morgan fingerprint density at radius 1 is 0.979 bits per heavy atom. The maximum atomic E-state index is 14.1. The van der Waals surface area contributed by atoms with Gasteiger partial charge in [-0.3, -0.25) is 23.7 Å². The van der Waals surface area contributed by atoms with Gasteiger partial charge in [0.2, 0.25) is 27.7 Å². The molecule has 0 saturated carbocycles. The van der Waals surface area contributed by atoms with Crippen LogP contribution in [0.15, 0.2) is 87.5 Å². The van der Waals surface area contributed by atoms with E-state index in [1.54, 1.807) is 12.1 Å². The highest BCUT2D eigenvalue weighted by molar-refractivity contribution is 8.00. The fourth-order valence-corrected chi connectivity index (χ4v) is 9.03. The Morgan fingerprint density at radius 2 is 1.65 bits per heavy atom. The lowest BCUT2D eigenvalue weighted by Crippen LogP contribution is -2.33. The molecule has 3 N–H and O–H groups in total. The van der Waals surface area contributed by atoms with Crippen molar-refractivity contribution in [1.82, 2.24) is 4.57 Å². The number of nitrogens with zero attached hydrogens (tertiary/aromatic N) is 3. The lowest BCUT2D eigenvalue weighted by molar-refractivity contribution is -0.137. The zero-order chi connectivity index (χ0) is 34.7. The van der Waals surface area contributed by atoms with E-state index in [9.17, 15) is 40.8 Å². The number of carbonyl (C=O) groups excluding carboxylic acids is 3. The van der Waals surface area contributed by atoms with Crippen molar-refractivity contribution in [3.63, 3.8) is 0 Å². The number of hydrogen-bond donors (Lipinski definition) is 2. The lowest BCUT2D eigenvalue weighted by atomic mass is 9.83. The van der Waals surface area contributed by atoms with Crippen LogP contribution in [0.3, 0.4) is 0 Å². The molecule has 250 valence electrons. The molecule has 3 atom stereocenters. The van der Waals surface area contributed by atoms with Gasteiger partial charge in [-0.1, -0.05) is 41.3 Å². The summed E-state index contributed by atoms with van der Waals surface area (Å²) in [5, 5.41) is 6.91. The highest BCUT2D eigenvalue weighted by atomic mass is 32.2. The Morgan fingerprint density at radius 3 is 2.25 bits per heavy atom. The van der Waals surface area contributed by atoms with Gasteiger partial charge in [-0.05, 0) is 60.2 Å². The van der Waals surface area contributed by atoms with Crippen molar-refractivity contribution in [3.8, 4) is 0 Å². The third-order valence-corrected chi connectivity index (χ3v) is 11.6. The van der Waals surface area contributed by atoms with E-state index >= 15 is 0 Å². The van der Waals surface area contributed by atoms with E-state index in [1.165, 1.54) is 34.9 Å². The molecule has 17 heteroatoms. The van der Waals surface area contributed by atoms with E-state index < -0.39 is 68.0 Å².